The molecule has 0 saturated carbocycles. The second-order valence-corrected chi connectivity index (χ2v) is 4.45. The number of piperidine rings is 1. The average molecular weight is 296 g/mol. The lowest BCUT2D eigenvalue weighted by atomic mass is 9.93. The number of halogens is 4. The van der Waals surface area contributed by atoms with Gasteiger partial charge in [0.2, 0.25) is 0 Å². The van der Waals surface area contributed by atoms with Crippen LogP contribution in [0.15, 0.2) is 18.2 Å². The molecule has 0 bridgehead atoms. The van der Waals surface area contributed by atoms with Crippen LogP contribution in [0.3, 0.4) is 0 Å². The molecular formula is C13H17ClF3NO. The topological polar surface area (TPSA) is 21.3 Å². The monoisotopic (exact) mass is 295 g/mol. The molecule has 6 heteroatoms. The quantitative estimate of drug-likeness (QED) is 0.892. The van der Waals surface area contributed by atoms with Crippen LogP contribution < -0.4 is 10.1 Å². The van der Waals surface area contributed by atoms with E-state index in [4.69, 9.17) is 4.74 Å². The predicted molar refractivity (Wildman–Crippen MR) is 69.8 cm³/mol. The normalized spacial score (nSPS) is 19.7. The van der Waals surface area contributed by atoms with Crippen LogP contribution in [0.5, 0.6) is 5.75 Å². The summed E-state index contributed by atoms with van der Waals surface area (Å²) in [6.45, 7) is 0.772. The molecule has 0 aromatic heterocycles. The average Bonchev–Trinajstić information content (AvgIpc) is 2.38. The largest absolute Gasteiger partial charge is 0.497 e. The SMILES string of the molecule is COc1ccc([C@H]2CCCCN2)c(C(F)(F)F)c1.Cl. The Morgan fingerprint density at radius 1 is 1.26 bits per heavy atom. The van der Waals surface area contributed by atoms with Crippen LogP contribution in [0.1, 0.15) is 36.4 Å². The number of nitrogens with one attached hydrogen (secondary N) is 1. The van der Waals surface area contributed by atoms with Gasteiger partial charge in [0, 0.05) is 6.04 Å². The lowest BCUT2D eigenvalue weighted by molar-refractivity contribution is -0.138. The molecule has 108 valence electrons. The molecule has 1 heterocycles. The summed E-state index contributed by atoms with van der Waals surface area (Å²) in [4.78, 5) is 0. The maximum Gasteiger partial charge on any atom is 0.416 e. The van der Waals surface area contributed by atoms with Gasteiger partial charge in [-0.25, -0.2) is 0 Å². The van der Waals surface area contributed by atoms with Crippen LogP contribution in [0.25, 0.3) is 0 Å². The van der Waals surface area contributed by atoms with Gasteiger partial charge in [-0.1, -0.05) is 12.5 Å². The van der Waals surface area contributed by atoms with Gasteiger partial charge in [0.15, 0.2) is 0 Å². The highest BCUT2D eigenvalue weighted by molar-refractivity contribution is 5.85. The van der Waals surface area contributed by atoms with Crippen LogP contribution in [-0.4, -0.2) is 13.7 Å². The lowest BCUT2D eigenvalue weighted by Gasteiger charge is -2.26. The van der Waals surface area contributed by atoms with Crippen molar-refractivity contribution in [2.45, 2.75) is 31.5 Å². The minimum absolute atomic E-state index is 0. The first kappa shape index (κ1) is 16.1. The van der Waals surface area contributed by atoms with Crippen LogP contribution in [0, 0.1) is 0 Å². The van der Waals surface area contributed by atoms with E-state index in [0.29, 0.717) is 5.56 Å². The van der Waals surface area contributed by atoms with E-state index in [1.165, 1.54) is 13.2 Å². The van der Waals surface area contributed by atoms with Crippen molar-refractivity contribution in [1.82, 2.24) is 5.32 Å². The van der Waals surface area contributed by atoms with Gasteiger partial charge in [0.05, 0.1) is 12.7 Å². The zero-order valence-corrected chi connectivity index (χ0v) is 11.4. The Hall–Kier alpha value is -0.940. The lowest BCUT2D eigenvalue weighted by Crippen LogP contribution is -2.28. The maximum atomic E-state index is 13.0. The van der Waals surface area contributed by atoms with Gasteiger partial charge in [0.25, 0.3) is 0 Å². The molecule has 0 amide bonds. The number of alkyl halides is 3. The number of hydrogen-bond acceptors (Lipinski definition) is 2. The molecular weight excluding hydrogens is 279 g/mol. The Morgan fingerprint density at radius 3 is 2.53 bits per heavy atom. The molecule has 0 unspecified atom stereocenters. The van der Waals surface area contributed by atoms with Crippen molar-refractivity contribution in [2.24, 2.45) is 0 Å². The highest BCUT2D eigenvalue weighted by Crippen LogP contribution is 2.38. The Morgan fingerprint density at radius 2 is 2.00 bits per heavy atom. The minimum Gasteiger partial charge on any atom is -0.497 e. The summed E-state index contributed by atoms with van der Waals surface area (Å²) < 4.78 is 44.0. The number of ether oxygens (including phenoxy) is 1. The third-order valence-electron chi connectivity index (χ3n) is 3.25. The summed E-state index contributed by atoms with van der Waals surface area (Å²) in [5, 5.41) is 3.14. The van der Waals surface area contributed by atoms with Crippen molar-refractivity contribution in [3.05, 3.63) is 29.3 Å². The fourth-order valence-corrected chi connectivity index (χ4v) is 2.33. The molecule has 1 saturated heterocycles. The Kier molecular flexibility index (Phi) is 5.50. The molecule has 1 aromatic rings. The molecule has 0 aliphatic carbocycles. The van der Waals surface area contributed by atoms with Crippen LogP contribution in [0.4, 0.5) is 13.2 Å². The Bertz CT molecular complexity index is 417. The molecule has 0 radical (unpaired) electrons. The summed E-state index contributed by atoms with van der Waals surface area (Å²) in [6.07, 6.45) is -1.62. The number of rotatable bonds is 2. The standard InChI is InChI=1S/C13H16F3NO.ClH/c1-18-9-5-6-10(11(8-9)13(14,15)16)12-4-2-3-7-17-12;/h5-6,8,12,17H,2-4,7H2,1H3;1H/t12-;/m1./s1. The summed E-state index contributed by atoms with van der Waals surface area (Å²) in [5.74, 6) is 0.238. The van der Waals surface area contributed by atoms with Crippen molar-refractivity contribution in [3.63, 3.8) is 0 Å². The van der Waals surface area contributed by atoms with Crippen LogP contribution in [-0.2, 0) is 6.18 Å². The van der Waals surface area contributed by atoms with Gasteiger partial charge in [-0.3, -0.25) is 0 Å². The molecule has 1 aromatic carbocycles. The van der Waals surface area contributed by atoms with Crippen LogP contribution in [0.2, 0.25) is 0 Å². The van der Waals surface area contributed by atoms with Gasteiger partial charge < -0.3 is 10.1 Å². The van der Waals surface area contributed by atoms with E-state index in [9.17, 15) is 13.2 Å². The number of hydrogen-bond donors (Lipinski definition) is 1. The fourth-order valence-electron chi connectivity index (χ4n) is 2.33. The van der Waals surface area contributed by atoms with E-state index < -0.39 is 11.7 Å². The van der Waals surface area contributed by atoms with E-state index in [1.807, 2.05) is 0 Å². The molecule has 0 spiro atoms. The molecule has 1 fully saturated rings. The van der Waals surface area contributed by atoms with Gasteiger partial charge in [-0.2, -0.15) is 13.2 Å². The summed E-state index contributed by atoms with van der Waals surface area (Å²) >= 11 is 0. The molecule has 19 heavy (non-hydrogen) atoms. The van der Waals surface area contributed by atoms with Gasteiger partial charge in [-0.15, -0.1) is 12.4 Å². The third kappa shape index (κ3) is 3.76. The summed E-state index contributed by atoms with van der Waals surface area (Å²) in [6, 6.07) is 3.97. The fraction of sp³-hybridized carbons (Fsp3) is 0.538. The van der Waals surface area contributed by atoms with Crippen molar-refractivity contribution < 1.29 is 17.9 Å². The smallest absolute Gasteiger partial charge is 0.416 e. The summed E-state index contributed by atoms with van der Waals surface area (Å²) in [7, 11) is 1.37. The number of benzene rings is 1. The molecule has 1 aliphatic heterocycles. The molecule has 1 aliphatic rings. The number of methoxy groups -OCH3 is 1. The first-order valence-corrected chi connectivity index (χ1v) is 6.01. The van der Waals surface area contributed by atoms with Crippen molar-refractivity contribution in [2.75, 3.05) is 13.7 Å². The Balaban J connectivity index is 0.00000180. The third-order valence-corrected chi connectivity index (χ3v) is 3.25. The zero-order valence-electron chi connectivity index (χ0n) is 10.6. The van der Waals surface area contributed by atoms with E-state index >= 15 is 0 Å². The predicted octanol–water partition coefficient (Wildman–Crippen LogP) is 3.95. The summed E-state index contributed by atoms with van der Waals surface area (Å²) in [5.41, 5.74) is -0.274. The van der Waals surface area contributed by atoms with Gasteiger partial charge in [-0.05, 0) is 37.1 Å². The van der Waals surface area contributed by atoms with E-state index in [0.717, 1.165) is 31.9 Å². The van der Waals surface area contributed by atoms with E-state index in [-0.39, 0.29) is 24.2 Å². The molecule has 1 atom stereocenters. The van der Waals surface area contributed by atoms with Crippen molar-refractivity contribution in [1.29, 1.82) is 0 Å². The highest BCUT2D eigenvalue weighted by Gasteiger charge is 2.36. The van der Waals surface area contributed by atoms with Gasteiger partial charge >= 0.3 is 6.18 Å². The molecule has 2 nitrogen and oxygen atoms in total. The second-order valence-electron chi connectivity index (χ2n) is 4.45. The Labute approximate surface area is 116 Å². The first-order valence-electron chi connectivity index (χ1n) is 6.01. The second kappa shape index (κ2) is 6.48. The van der Waals surface area contributed by atoms with Crippen molar-refractivity contribution >= 4 is 12.4 Å². The molecule has 1 N–H and O–H groups in total. The van der Waals surface area contributed by atoms with E-state index in [1.54, 1.807) is 6.07 Å². The van der Waals surface area contributed by atoms with Crippen LogP contribution >= 0.6 is 12.4 Å². The first-order chi connectivity index (χ1) is 8.52. The highest BCUT2D eigenvalue weighted by atomic mass is 35.5. The van der Waals surface area contributed by atoms with E-state index in [2.05, 4.69) is 5.32 Å². The van der Waals surface area contributed by atoms with Gasteiger partial charge in [0.1, 0.15) is 5.75 Å². The maximum absolute atomic E-state index is 13.0. The molecule has 2 rings (SSSR count). The van der Waals surface area contributed by atoms with Crippen molar-refractivity contribution in [3.8, 4) is 5.75 Å². The zero-order chi connectivity index (χ0) is 13.2. The minimum atomic E-state index is -4.34.